The van der Waals surface area contributed by atoms with E-state index in [9.17, 15) is 9.59 Å². The Morgan fingerprint density at radius 1 is 1.32 bits per heavy atom. The van der Waals surface area contributed by atoms with Crippen molar-refractivity contribution in [3.05, 3.63) is 34.7 Å². The highest BCUT2D eigenvalue weighted by molar-refractivity contribution is 8.18. The van der Waals surface area contributed by atoms with Crippen molar-refractivity contribution in [1.82, 2.24) is 4.90 Å². The van der Waals surface area contributed by atoms with E-state index in [-0.39, 0.29) is 11.1 Å². The van der Waals surface area contributed by atoms with Gasteiger partial charge in [-0.1, -0.05) is 25.1 Å². The van der Waals surface area contributed by atoms with Crippen molar-refractivity contribution >= 4 is 29.0 Å². The molecule has 1 aromatic carbocycles. The lowest BCUT2D eigenvalue weighted by Crippen LogP contribution is -2.22. The quantitative estimate of drug-likeness (QED) is 0.793. The predicted octanol–water partition coefficient (Wildman–Crippen LogP) is 3.14. The van der Waals surface area contributed by atoms with Crippen molar-refractivity contribution in [3.63, 3.8) is 0 Å². The van der Waals surface area contributed by atoms with Crippen molar-refractivity contribution < 1.29 is 14.3 Å². The molecule has 5 heteroatoms. The third-order valence-corrected chi connectivity index (χ3v) is 3.61. The predicted molar refractivity (Wildman–Crippen MR) is 76.0 cm³/mol. The van der Waals surface area contributed by atoms with E-state index in [1.807, 2.05) is 31.2 Å². The summed E-state index contributed by atoms with van der Waals surface area (Å²) in [4.78, 5) is 24.8. The highest BCUT2D eigenvalue weighted by atomic mass is 32.2. The monoisotopic (exact) mass is 277 g/mol. The summed E-state index contributed by atoms with van der Waals surface area (Å²) in [5.41, 5.74) is 0.815. The summed E-state index contributed by atoms with van der Waals surface area (Å²) >= 11 is 0.952. The van der Waals surface area contributed by atoms with Crippen LogP contribution < -0.4 is 4.74 Å². The molecular formula is C14H15NO3S. The zero-order valence-corrected chi connectivity index (χ0v) is 11.7. The van der Waals surface area contributed by atoms with Crippen LogP contribution in [0.25, 0.3) is 6.08 Å². The van der Waals surface area contributed by atoms with Crippen LogP contribution in [0.3, 0.4) is 0 Å². The van der Waals surface area contributed by atoms with Crippen molar-refractivity contribution in [2.45, 2.75) is 13.3 Å². The second-order valence-corrected chi connectivity index (χ2v) is 5.12. The van der Waals surface area contributed by atoms with E-state index in [0.717, 1.165) is 34.4 Å². The molecule has 1 aliphatic heterocycles. The molecule has 1 heterocycles. The number of imide groups is 1. The zero-order chi connectivity index (χ0) is 13.8. The van der Waals surface area contributed by atoms with Crippen LogP contribution in [0.2, 0.25) is 0 Å². The van der Waals surface area contributed by atoms with Gasteiger partial charge in [-0.05, 0) is 30.3 Å². The standard InChI is InChI=1S/C14H15NO3S/c1-3-8-18-11-7-5-4-6-10(11)9-12-13(16)15(2)14(17)19-12/h4-7,9H,3,8H2,1-2H3/b12-9+. The molecule has 4 nitrogen and oxygen atoms in total. The molecule has 1 aromatic rings. The highest BCUT2D eigenvalue weighted by Crippen LogP contribution is 2.32. The maximum Gasteiger partial charge on any atom is 0.293 e. The van der Waals surface area contributed by atoms with E-state index in [2.05, 4.69) is 0 Å². The third-order valence-electron chi connectivity index (χ3n) is 2.65. The zero-order valence-electron chi connectivity index (χ0n) is 10.9. The first-order valence-electron chi connectivity index (χ1n) is 6.07. The fraction of sp³-hybridized carbons (Fsp3) is 0.286. The summed E-state index contributed by atoms with van der Waals surface area (Å²) in [6, 6.07) is 7.49. The summed E-state index contributed by atoms with van der Waals surface area (Å²) in [6.45, 7) is 2.66. The van der Waals surface area contributed by atoms with E-state index in [1.165, 1.54) is 7.05 Å². The summed E-state index contributed by atoms with van der Waals surface area (Å²) in [7, 11) is 1.48. The summed E-state index contributed by atoms with van der Waals surface area (Å²) < 4.78 is 5.62. The average molecular weight is 277 g/mol. The Balaban J connectivity index is 2.28. The molecule has 1 saturated heterocycles. The Bertz CT molecular complexity index is 539. The second kappa shape index (κ2) is 5.93. The average Bonchev–Trinajstić information content (AvgIpc) is 2.65. The van der Waals surface area contributed by atoms with Crippen LogP contribution in [-0.2, 0) is 4.79 Å². The van der Waals surface area contributed by atoms with Crippen molar-refractivity contribution in [1.29, 1.82) is 0 Å². The lowest BCUT2D eigenvalue weighted by molar-refractivity contribution is -0.121. The van der Waals surface area contributed by atoms with E-state index in [0.29, 0.717) is 11.5 Å². The summed E-state index contributed by atoms with van der Waals surface area (Å²) in [5, 5.41) is -0.247. The number of ether oxygens (including phenoxy) is 1. The molecule has 0 radical (unpaired) electrons. The summed E-state index contributed by atoms with van der Waals surface area (Å²) in [6.07, 6.45) is 2.62. The van der Waals surface area contributed by atoms with Gasteiger partial charge in [0.25, 0.3) is 11.1 Å². The van der Waals surface area contributed by atoms with E-state index in [4.69, 9.17) is 4.74 Å². The molecule has 2 amide bonds. The molecule has 19 heavy (non-hydrogen) atoms. The van der Waals surface area contributed by atoms with Gasteiger partial charge in [0.1, 0.15) is 5.75 Å². The lowest BCUT2D eigenvalue weighted by Gasteiger charge is -2.08. The van der Waals surface area contributed by atoms with Crippen LogP contribution in [0, 0.1) is 0 Å². The number of likely N-dealkylation sites (N-methyl/N-ethyl adjacent to an activating group) is 1. The van der Waals surface area contributed by atoms with E-state index >= 15 is 0 Å². The molecular weight excluding hydrogens is 262 g/mol. The molecule has 0 atom stereocenters. The van der Waals surface area contributed by atoms with Gasteiger partial charge >= 0.3 is 0 Å². The third kappa shape index (κ3) is 2.98. The number of amides is 2. The molecule has 2 rings (SSSR count). The van der Waals surface area contributed by atoms with Crippen molar-refractivity contribution in [2.75, 3.05) is 13.7 Å². The van der Waals surface area contributed by atoms with Gasteiger partial charge in [-0.2, -0.15) is 0 Å². The maximum absolute atomic E-state index is 11.8. The minimum absolute atomic E-state index is 0.247. The molecule has 0 spiro atoms. The topological polar surface area (TPSA) is 46.6 Å². The number of nitrogens with zero attached hydrogens (tertiary/aromatic N) is 1. The number of benzene rings is 1. The molecule has 0 unspecified atom stereocenters. The minimum Gasteiger partial charge on any atom is -0.493 e. The number of hydrogen-bond acceptors (Lipinski definition) is 4. The Kier molecular flexibility index (Phi) is 4.27. The van der Waals surface area contributed by atoms with Crippen LogP contribution in [0.4, 0.5) is 4.79 Å². The number of thioether (sulfide) groups is 1. The normalized spacial score (nSPS) is 17.4. The first-order chi connectivity index (χ1) is 9.13. The molecule has 0 N–H and O–H groups in total. The molecule has 0 saturated carbocycles. The van der Waals surface area contributed by atoms with Gasteiger partial charge < -0.3 is 4.74 Å². The van der Waals surface area contributed by atoms with Gasteiger partial charge in [-0.3, -0.25) is 14.5 Å². The number of rotatable bonds is 4. The van der Waals surface area contributed by atoms with Crippen LogP contribution in [-0.4, -0.2) is 29.7 Å². The van der Waals surface area contributed by atoms with Crippen LogP contribution in [0.15, 0.2) is 29.2 Å². The number of carbonyl (C=O) groups excluding carboxylic acids is 2. The molecule has 1 aliphatic rings. The van der Waals surface area contributed by atoms with Gasteiger partial charge in [0.05, 0.1) is 11.5 Å². The number of para-hydroxylation sites is 1. The fourth-order valence-electron chi connectivity index (χ4n) is 1.63. The second-order valence-electron chi connectivity index (χ2n) is 4.13. The minimum atomic E-state index is -0.264. The SMILES string of the molecule is CCCOc1ccccc1/C=C1/SC(=O)N(C)C1=O. The van der Waals surface area contributed by atoms with E-state index in [1.54, 1.807) is 6.08 Å². The number of hydrogen-bond donors (Lipinski definition) is 0. The van der Waals surface area contributed by atoms with Crippen molar-refractivity contribution in [2.24, 2.45) is 0 Å². The van der Waals surface area contributed by atoms with Crippen LogP contribution in [0.1, 0.15) is 18.9 Å². The van der Waals surface area contributed by atoms with E-state index < -0.39 is 0 Å². The Morgan fingerprint density at radius 3 is 2.68 bits per heavy atom. The smallest absolute Gasteiger partial charge is 0.293 e. The number of carbonyl (C=O) groups is 2. The Labute approximate surface area is 116 Å². The first kappa shape index (κ1) is 13.7. The lowest BCUT2D eigenvalue weighted by atomic mass is 10.2. The van der Waals surface area contributed by atoms with Gasteiger partial charge in [0.2, 0.25) is 0 Å². The van der Waals surface area contributed by atoms with Gasteiger partial charge in [0.15, 0.2) is 0 Å². The van der Waals surface area contributed by atoms with Gasteiger partial charge in [0, 0.05) is 12.6 Å². The molecule has 1 fully saturated rings. The largest absolute Gasteiger partial charge is 0.493 e. The van der Waals surface area contributed by atoms with Crippen LogP contribution >= 0.6 is 11.8 Å². The Morgan fingerprint density at radius 2 is 2.05 bits per heavy atom. The van der Waals surface area contributed by atoms with Gasteiger partial charge in [-0.25, -0.2) is 0 Å². The molecule has 0 aromatic heterocycles. The van der Waals surface area contributed by atoms with Gasteiger partial charge in [-0.15, -0.1) is 0 Å². The van der Waals surface area contributed by atoms with Crippen LogP contribution in [0.5, 0.6) is 5.75 Å². The molecule has 100 valence electrons. The highest BCUT2D eigenvalue weighted by Gasteiger charge is 2.31. The summed E-state index contributed by atoms with van der Waals surface area (Å²) in [5.74, 6) is 0.465. The Hall–Kier alpha value is -1.75. The first-order valence-corrected chi connectivity index (χ1v) is 6.88. The molecule has 0 aliphatic carbocycles. The fourth-order valence-corrected chi connectivity index (χ4v) is 2.45. The molecule has 0 bridgehead atoms. The van der Waals surface area contributed by atoms with Crippen molar-refractivity contribution in [3.8, 4) is 5.75 Å². The maximum atomic E-state index is 11.8.